The fourth-order valence-corrected chi connectivity index (χ4v) is 4.27. The number of nitrogens with zero attached hydrogens (tertiary/aromatic N) is 2. The topological polar surface area (TPSA) is 107 Å². The van der Waals surface area contributed by atoms with Gasteiger partial charge < -0.3 is 19.9 Å². The highest BCUT2D eigenvalue weighted by atomic mass is 19.1. The number of fused-ring (bicyclic) bond motifs is 1. The number of hydrogen-bond acceptors (Lipinski definition) is 5. The number of likely N-dealkylation sites (N-methyl/N-ethyl adjacent to an activating group) is 1. The minimum Gasteiger partial charge on any atom is -0.443 e. The molecule has 200 valence electrons. The Labute approximate surface area is 217 Å². The van der Waals surface area contributed by atoms with E-state index in [1.807, 2.05) is 0 Å². The van der Waals surface area contributed by atoms with Crippen LogP contribution in [-0.4, -0.2) is 59.6 Å². The molecule has 0 bridgehead atoms. The largest absolute Gasteiger partial charge is 0.443 e. The number of carbonyl (C=O) groups is 3. The van der Waals surface area contributed by atoms with Gasteiger partial charge in [-0.05, 0) is 77.5 Å². The van der Waals surface area contributed by atoms with Crippen LogP contribution in [0.5, 0.6) is 0 Å². The molecule has 10 heteroatoms. The number of carbonyl (C=O) groups excluding carboxylic acids is 3. The predicted octanol–water partition coefficient (Wildman–Crippen LogP) is 4.17. The van der Waals surface area contributed by atoms with E-state index < -0.39 is 23.4 Å². The molecule has 0 saturated carbocycles. The summed E-state index contributed by atoms with van der Waals surface area (Å²) in [5.74, 6) is -1.28. The van der Waals surface area contributed by atoms with Gasteiger partial charge in [0, 0.05) is 30.0 Å². The van der Waals surface area contributed by atoms with Crippen molar-refractivity contribution in [3.05, 3.63) is 52.1 Å². The summed E-state index contributed by atoms with van der Waals surface area (Å²) < 4.78 is 19.4. The summed E-state index contributed by atoms with van der Waals surface area (Å²) in [6.45, 7) is 15.9. The van der Waals surface area contributed by atoms with Crippen LogP contribution in [0.2, 0.25) is 0 Å². The van der Waals surface area contributed by atoms with Gasteiger partial charge in [-0.15, -0.1) is 0 Å². The number of halogens is 1. The number of aryl methyl sites for hydroxylation is 1. The molecule has 0 spiro atoms. The van der Waals surface area contributed by atoms with Crippen molar-refractivity contribution < 1.29 is 23.5 Å². The molecule has 0 radical (unpaired) electrons. The fourth-order valence-electron chi connectivity index (χ4n) is 4.27. The van der Waals surface area contributed by atoms with E-state index in [-0.39, 0.29) is 11.5 Å². The number of hydrogen-bond donors (Lipinski definition) is 3. The fraction of sp³-hybridized carbons (Fsp3) is 0.444. The number of benzene rings is 1. The molecule has 0 unspecified atom stereocenters. The maximum Gasteiger partial charge on any atom is 0.427 e. The van der Waals surface area contributed by atoms with Gasteiger partial charge in [0.2, 0.25) is 0 Å². The number of anilines is 1. The second kappa shape index (κ2) is 11.2. The van der Waals surface area contributed by atoms with Gasteiger partial charge >= 0.3 is 6.09 Å². The van der Waals surface area contributed by atoms with Crippen LogP contribution in [-0.2, 0) is 9.53 Å². The van der Waals surface area contributed by atoms with Crippen molar-refractivity contribution in [2.45, 2.75) is 54.1 Å². The van der Waals surface area contributed by atoms with E-state index in [1.54, 1.807) is 40.7 Å². The van der Waals surface area contributed by atoms with Crippen molar-refractivity contribution in [1.29, 1.82) is 0 Å². The van der Waals surface area contributed by atoms with Crippen LogP contribution < -0.4 is 15.8 Å². The van der Waals surface area contributed by atoms with Crippen molar-refractivity contribution in [3.8, 4) is 0 Å². The van der Waals surface area contributed by atoms with Crippen LogP contribution in [0, 0.1) is 19.7 Å². The van der Waals surface area contributed by atoms with Crippen molar-refractivity contribution in [2.75, 3.05) is 31.2 Å². The molecule has 3 amide bonds. The van der Waals surface area contributed by atoms with Gasteiger partial charge in [0.25, 0.3) is 11.8 Å². The Kier molecular flexibility index (Phi) is 8.42. The van der Waals surface area contributed by atoms with E-state index >= 15 is 0 Å². The van der Waals surface area contributed by atoms with Crippen LogP contribution in [0.3, 0.4) is 0 Å². The lowest BCUT2D eigenvalue weighted by Gasteiger charge is -2.23. The van der Waals surface area contributed by atoms with Crippen LogP contribution in [0.15, 0.2) is 18.2 Å². The Balaban J connectivity index is 1.90. The quantitative estimate of drug-likeness (QED) is 0.460. The third-order valence-electron chi connectivity index (χ3n) is 6.13. The van der Waals surface area contributed by atoms with Gasteiger partial charge in [-0.25, -0.2) is 19.6 Å². The maximum absolute atomic E-state index is 14.2. The molecule has 0 saturated heterocycles. The molecule has 2 aromatic rings. The van der Waals surface area contributed by atoms with Crippen LogP contribution in [0.4, 0.5) is 14.9 Å². The van der Waals surface area contributed by atoms with Gasteiger partial charge in [-0.2, -0.15) is 0 Å². The number of aromatic nitrogens is 1. The maximum atomic E-state index is 14.2. The molecule has 1 aliphatic rings. The van der Waals surface area contributed by atoms with Crippen LogP contribution >= 0.6 is 0 Å². The Morgan fingerprint density at radius 1 is 1.19 bits per heavy atom. The smallest absolute Gasteiger partial charge is 0.427 e. The first-order chi connectivity index (χ1) is 17.4. The zero-order chi connectivity index (χ0) is 27.5. The summed E-state index contributed by atoms with van der Waals surface area (Å²) in [4.78, 5) is 44.0. The number of nitrogens with one attached hydrogen (secondary N) is 3. The van der Waals surface area contributed by atoms with Gasteiger partial charge in [-0.3, -0.25) is 9.59 Å². The zero-order valence-electron chi connectivity index (χ0n) is 22.5. The summed E-state index contributed by atoms with van der Waals surface area (Å²) in [6.07, 6.45) is 0.764. The van der Waals surface area contributed by atoms with E-state index in [9.17, 15) is 18.8 Å². The van der Waals surface area contributed by atoms with E-state index in [0.29, 0.717) is 40.3 Å². The predicted molar refractivity (Wildman–Crippen MR) is 142 cm³/mol. The molecule has 9 nitrogen and oxygen atoms in total. The molecule has 3 rings (SSSR count). The second-order valence-electron chi connectivity index (χ2n) is 9.92. The molecule has 1 aliphatic heterocycles. The standard InChI is InChI=1S/C27H36FN5O4/c1-8-32(9-2)13-12-29-24(34)23-16(3)21(30-17(23)4)15-20-19-14-18(28)10-11-22(19)33(25(20)35)31-26(36)37-27(5,6)7/h10-11,14-15,30H,8-9,12-13H2,1-7H3,(H,29,34)(H,31,36)/b20-15-. The lowest BCUT2D eigenvalue weighted by Crippen LogP contribution is -2.46. The first kappa shape index (κ1) is 27.9. The summed E-state index contributed by atoms with van der Waals surface area (Å²) in [6, 6.07) is 3.87. The third kappa shape index (κ3) is 6.37. The molecule has 1 aromatic heterocycles. The second-order valence-corrected chi connectivity index (χ2v) is 9.92. The Bertz CT molecular complexity index is 1220. The summed E-state index contributed by atoms with van der Waals surface area (Å²) in [5, 5.41) is 4.00. The summed E-state index contributed by atoms with van der Waals surface area (Å²) >= 11 is 0. The van der Waals surface area contributed by atoms with Crippen molar-refractivity contribution >= 4 is 35.2 Å². The molecular weight excluding hydrogens is 477 g/mol. The molecule has 0 aliphatic carbocycles. The summed E-state index contributed by atoms with van der Waals surface area (Å²) in [7, 11) is 0. The van der Waals surface area contributed by atoms with E-state index in [0.717, 1.165) is 24.6 Å². The van der Waals surface area contributed by atoms with Gasteiger partial charge in [-0.1, -0.05) is 13.8 Å². The minimum atomic E-state index is -0.812. The molecule has 2 heterocycles. The number of ether oxygens (including phenoxy) is 1. The number of rotatable bonds is 8. The van der Waals surface area contributed by atoms with E-state index in [4.69, 9.17) is 4.74 Å². The Morgan fingerprint density at radius 2 is 1.86 bits per heavy atom. The number of amides is 3. The highest BCUT2D eigenvalue weighted by Gasteiger charge is 2.35. The lowest BCUT2D eigenvalue weighted by molar-refractivity contribution is -0.113. The molecule has 0 fully saturated rings. The van der Waals surface area contributed by atoms with E-state index in [1.165, 1.54) is 18.2 Å². The third-order valence-corrected chi connectivity index (χ3v) is 6.13. The molecule has 37 heavy (non-hydrogen) atoms. The van der Waals surface area contributed by atoms with Crippen molar-refractivity contribution in [1.82, 2.24) is 20.6 Å². The Hall–Kier alpha value is -3.66. The van der Waals surface area contributed by atoms with Gasteiger partial charge in [0.1, 0.15) is 11.4 Å². The highest BCUT2D eigenvalue weighted by Crippen LogP contribution is 2.38. The van der Waals surface area contributed by atoms with Crippen LogP contribution in [0.1, 0.15) is 67.5 Å². The molecule has 3 N–H and O–H groups in total. The zero-order valence-corrected chi connectivity index (χ0v) is 22.5. The lowest BCUT2D eigenvalue weighted by atomic mass is 10.0. The molecular formula is C27H36FN5O4. The average molecular weight is 514 g/mol. The number of hydrazine groups is 1. The number of H-pyrrole nitrogens is 1. The first-order valence-electron chi connectivity index (χ1n) is 12.4. The van der Waals surface area contributed by atoms with Gasteiger partial charge in [0.05, 0.1) is 16.8 Å². The minimum absolute atomic E-state index is 0.170. The molecule has 1 aromatic carbocycles. The highest BCUT2D eigenvalue weighted by molar-refractivity contribution is 6.36. The molecule has 0 atom stereocenters. The van der Waals surface area contributed by atoms with Crippen molar-refractivity contribution in [2.24, 2.45) is 0 Å². The number of aromatic amines is 1. The van der Waals surface area contributed by atoms with E-state index in [2.05, 4.69) is 34.5 Å². The SMILES string of the molecule is CCN(CC)CCNC(=O)c1c(C)[nH]c(/C=C2\C(=O)N(NC(=O)OC(C)(C)C)c3ccc(F)cc32)c1C. The normalized spacial score (nSPS) is 14.4. The monoisotopic (exact) mass is 513 g/mol. The first-order valence-corrected chi connectivity index (χ1v) is 12.4. The van der Waals surface area contributed by atoms with Gasteiger partial charge in [0.15, 0.2) is 0 Å². The Morgan fingerprint density at radius 3 is 2.49 bits per heavy atom. The van der Waals surface area contributed by atoms with Crippen molar-refractivity contribution in [3.63, 3.8) is 0 Å². The summed E-state index contributed by atoms with van der Waals surface area (Å²) in [5.41, 5.74) is 4.85. The van der Waals surface area contributed by atoms with Crippen LogP contribution in [0.25, 0.3) is 11.6 Å². The average Bonchev–Trinajstić information content (AvgIpc) is 3.22.